The molecule has 116 valence electrons. The smallest absolute Gasteiger partial charge is 0.276 e. The second-order valence-corrected chi connectivity index (χ2v) is 5.53. The Morgan fingerprint density at radius 1 is 1.27 bits per heavy atom. The van der Waals surface area contributed by atoms with Crippen molar-refractivity contribution in [1.29, 1.82) is 0 Å². The number of carbonyl (C=O) groups excluding carboxylic acids is 1. The van der Waals surface area contributed by atoms with Crippen molar-refractivity contribution >= 4 is 11.6 Å². The molecule has 0 radical (unpaired) electrons. The lowest BCUT2D eigenvalue weighted by molar-refractivity contribution is 0.102. The predicted octanol–water partition coefficient (Wildman–Crippen LogP) is 3.65. The highest BCUT2D eigenvalue weighted by Crippen LogP contribution is 2.28. The number of nitrogens with one attached hydrogen (secondary N) is 1. The second-order valence-electron chi connectivity index (χ2n) is 5.53. The summed E-state index contributed by atoms with van der Waals surface area (Å²) < 4.78 is 7.31. The molecular weight excluding hydrogens is 278 g/mol. The second kappa shape index (κ2) is 6.64. The van der Waals surface area contributed by atoms with Crippen LogP contribution < -0.4 is 10.1 Å². The summed E-state index contributed by atoms with van der Waals surface area (Å²) in [5.41, 5.74) is 1.20. The van der Waals surface area contributed by atoms with Crippen LogP contribution in [0.5, 0.6) is 5.75 Å². The number of hydrogen-bond donors (Lipinski definition) is 1. The van der Waals surface area contributed by atoms with E-state index in [-0.39, 0.29) is 5.91 Å². The minimum absolute atomic E-state index is 0.180. The van der Waals surface area contributed by atoms with Gasteiger partial charge in [-0.05, 0) is 50.1 Å². The molecule has 1 aromatic heterocycles. The molecule has 3 rings (SSSR count). The SMILES string of the molecule is CCOc1ccc(NC(=O)c2ccn(C3CCCC3)n2)cc1. The Kier molecular flexibility index (Phi) is 4.42. The first-order valence-corrected chi connectivity index (χ1v) is 7.85. The minimum atomic E-state index is -0.180. The van der Waals surface area contributed by atoms with Crippen LogP contribution in [-0.4, -0.2) is 22.3 Å². The summed E-state index contributed by atoms with van der Waals surface area (Å²) in [6.07, 6.45) is 6.71. The summed E-state index contributed by atoms with van der Waals surface area (Å²) in [6, 6.07) is 9.58. The van der Waals surface area contributed by atoms with Gasteiger partial charge in [-0.2, -0.15) is 5.10 Å². The van der Waals surface area contributed by atoms with Gasteiger partial charge in [-0.1, -0.05) is 12.8 Å². The van der Waals surface area contributed by atoms with Crippen molar-refractivity contribution in [1.82, 2.24) is 9.78 Å². The third-order valence-corrected chi connectivity index (χ3v) is 3.96. The summed E-state index contributed by atoms with van der Waals surface area (Å²) >= 11 is 0. The standard InChI is InChI=1S/C17H21N3O2/c1-2-22-15-9-7-13(8-10-15)18-17(21)16-11-12-20(19-16)14-5-3-4-6-14/h7-12,14H,2-6H2,1H3,(H,18,21). The first-order valence-electron chi connectivity index (χ1n) is 7.85. The maximum atomic E-state index is 12.2. The van der Waals surface area contributed by atoms with E-state index >= 15 is 0 Å². The highest BCUT2D eigenvalue weighted by Gasteiger charge is 2.19. The Hall–Kier alpha value is -2.30. The van der Waals surface area contributed by atoms with Crippen LogP contribution in [0.25, 0.3) is 0 Å². The molecule has 0 unspecified atom stereocenters. The number of carbonyl (C=O) groups is 1. The normalized spacial score (nSPS) is 15.0. The molecule has 1 aliphatic carbocycles. The van der Waals surface area contributed by atoms with E-state index in [9.17, 15) is 4.79 Å². The van der Waals surface area contributed by atoms with Gasteiger partial charge in [0.15, 0.2) is 5.69 Å². The molecular formula is C17H21N3O2. The van der Waals surface area contributed by atoms with Gasteiger partial charge in [0, 0.05) is 11.9 Å². The van der Waals surface area contributed by atoms with Crippen LogP contribution in [0.2, 0.25) is 0 Å². The lowest BCUT2D eigenvalue weighted by Gasteiger charge is -2.09. The highest BCUT2D eigenvalue weighted by molar-refractivity contribution is 6.02. The van der Waals surface area contributed by atoms with Crippen molar-refractivity contribution in [2.24, 2.45) is 0 Å². The minimum Gasteiger partial charge on any atom is -0.494 e. The number of benzene rings is 1. The molecule has 5 nitrogen and oxygen atoms in total. The Morgan fingerprint density at radius 2 is 2.00 bits per heavy atom. The molecule has 1 amide bonds. The van der Waals surface area contributed by atoms with Gasteiger partial charge in [-0.25, -0.2) is 0 Å². The molecule has 2 aromatic rings. The Bertz CT molecular complexity index is 628. The number of aromatic nitrogens is 2. The van der Waals surface area contributed by atoms with Crippen molar-refractivity contribution in [2.45, 2.75) is 38.6 Å². The molecule has 1 fully saturated rings. The fourth-order valence-electron chi connectivity index (χ4n) is 2.83. The van der Waals surface area contributed by atoms with E-state index in [1.54, 1.807) is 6.07 Å². The van der Waals surface area contributed by atoms with Gasteiger partial charge in [0.2, 0.25) is 0 Å². The lowest BCUT2D eigenvalue weighted by atomic mass is 10.3. The average molecular weight is 299 g/mol. The summed E-state index contributed by atoms with van der Waals surface area (Å²) in [4.78, 5) is 12.2. The van der Waals surface area contributed by atoms with Crippen LogP contribution in [0.15, 0.2) is 36.5 Å². The molecule has 0 saturated heterocycles. The number of anilines is 1. The van der Waals surface area contributed by atoms with Gasteiger partial charge in [-0.3, -0.25) is 9.48 Å². The maximum absolute atomic E-state index is 12.2. The number of hydrogen-bond acceptors (Lipinski definition) is 3. The zero-order valence-corrected chi connectivity index (χ0v) is 12.8. The molecule has 1 aliphatic rings. The van der Waals surface area contributed by atoms with Crippen LogP contribution in [0.4, 0.5) is 5.69 Å². The van der Waals surface area contributed by atoms with Crippen molar-refractivity contribution in [2.75, 3.05) is 11.9 Å². The van der Waals surface area contributed by atoms with Gasteiger partial charge in [0.05, 0.1) is 12.6 Å². The van der Waals surface area contributed by atoms with Crippen LogP contribution in [0.1, 0.15) is 49.1 Å². The van der Waals surface area contributed by atoms with E-state index in [1.807, 2.05) is 42.1 Å². The first kappa shape index (κ1) is 14.6. The van der Waals surface area contributed by atoms with E-state index < -0.39 is 0 Å². The third kappa shape index (κ3) is 3.30. The van der Waals surface area contributed by atoms with Crippen molar-refractivity contribution in [3.05, 3.63) is 42.2 Å². The molecule has 22 heavy (non-hydrogen) atoms. The first-order chi connectivity index (χ1) is 10.8. The zero-order valence-electron chi connectivity index (χ0n) is 12.8. The monoisotopic (exact) mass is 299 g/mol. The van der Waals surface area contributed by atoms with E-state index in [0.29, 0.717) is 18.3 Å². The number of nitrogens with zero attached hydrogens (tertiary/aromatic N) is 2. The summed E-state index contributed by atoms with van der Waals surface area (Å²) in [5.74, 6) is 0.618. The van der Waals surface area contributed by atoms with Crippen LogP contribution >= 0.6 is 0 Å². The van der Waals surface area contributed by atoms with Crippen LogP contribution in [0.3, 0.4) is 0 Å². The molecule has 0 aliphatic heterocycles. The number of rotatable bonds is 5. The zero-order chi connectivity index (χ0) is 15.4. The van der Waals surface area contributed by atoms with Gasteiger partial charge in [-0.15, -0.1) is 0 Å². The van der Waals surface area contributed by atoms with E-state index in [0.717, 1.165) is 24.3 Å². The molecule has 1 N–H and O–H groups in total. The molecule has 5 heteroatoms. The van der Waals surface area contributed by atoms with E-state index in [2.05, 4.69) is 10.4 Å². The molecule has 1 aromatic carbocycles. The quantitative estimate of drug-likeness (QED) is 0.917. The van der Waals surface area contributed by atoms with E-state index in [4.69, 9.17) is 4.74 Å². The topological polar surface area (TPSA) is 56.1 Å². The summed E-state index contributed by atoms with van der Waals surface area (Å²) in [6.45, 7) is 2.57. The fourth-order valence-corrected chi connectivity index (χ4v) is 2.83. The average Bonchev–Trinajstić information content (AvgIpc) is 3.20. The lowest BCUT2D eigenvalue weighted by Crippen LogP contribution is -2.14. The molecule has 0 atom stereocenters. The summed E-state index contributed by atoms with van der Waals surface area (Å²) in [7, 11) is 0. The van der Waals surface area contributed by atoms with Gasteiger partial charge in [0.1, 0.15) is 5.75 Å². The fraction of sp³-hybridized carbons (Fsp3) is 0.412. The molecule has 1 saturated carbocycles. The predicted molar refractivity (Wildman–Crippen MR) is 85.3 cm³/mol. The van der Waals surface area contributed by atoms with Gasteiger partial charge >= 0.3 is 0 Å². The maximum Gasteiger partial charge on any atom is 0.276 e. The Balaban J connectivity index is 1.63. The largest absolute Gasteiger partial charge is 0.494 e. The Labute approximate surface area is 130 Å². The molecule has 0 spiro atoms. The summed E-state index contributed by atoms with van der Waals surface area (Å²) in [5, 5.41) is 7.28. The highest BCUT2D eigenvalue weighted by atomic mass is 16.5. The van der Waals surface area contributed by atoms with Gasteiger partial charge in [0.25, 0.3) is 5.91 Å². The number of ether oxygens (including phenoxy) is 1. The van der Waals surface area contributed by atoms with Crippen molar-refractivity contribution in [3.8, 4) is 5.75 Å². The van der Waals surface area contributed by atoms with Crippen LogP contribution in [-0.2, 0) is 0 Å². The number of amides is 1. The molecule has 1 heterocycles. The van der Waals surface area contributed by atoms with Crippen molar-refractivity contribution in [3.63, 3.8) is 0 Å². The third-order valence-electron chi connectivity index (χ3n) is 3.96. The van der Waals surface area contributed by atoms with Gasteiger partial charge < -0.3 is 10.1 Å². The van der Waals surface area contributed by atoms with Crippen LogP contribution in [0, 0.1) is 0 Å². The van der Waals surface area contributed by atoms with E-state index in [1.165, 1.54) is 12.8 Å². The molecule has 0 bridgehead atoms. The van der Waals surface area contributed by atoms with Crippen molar-refractivity contribution < 1.29 is 9.53 Å². The Morgan fingerprint density at radius 3 is 2.68 bits per heavy atom.